The molecule has 3 aromatic rings. The highest BCUT2D eigenvalue weighted by molar-refractivity contribution is 7.13. The number of carbonyl (C=O) groups excluding carboxylic acids is 1. The molecule has 0 spiro atoms. The lowest BCUT2D eigenvalue weighted by atomic mass is 10.1. The molecule has 0 radical (unpaired) electrons. The molecule has 0 atom stereocenters. The highest BCUT2D eigenvalue weighted by Crippen LogP contribution is 2.21. The number of amides is 1. The maximum Gasteiger partial charge on any atom is 0.263 e. The summed E-state index contributed by atoms with van der Waals surface area (Å²) in [6, 6.07) is 13.7. The average Bonchev–Trinajstić information content (AvgIpc) is 3.01. The fourth-order valence-electron chi connectivity index (χ4n) is 2.46. The van der Waals surface area contributed by atoms with Gasteiger partial charge in [-0.15, -0.1) is 11.3 Å². The molecule has 6 heteroatoms. The standard InChI is InChI=1S/C20H19FN2O2S/c1-13-5-3-4-6-15(13)11-22-20(24)19-14(2)23-18(26-19)12-25-17-9-7-16(21)8-10-17/h3-10H,11-12H2,1-2H3,(H,22,24). The topological polar surface area (TPSA) is 51.2 Å². The summed E-state index contributed by atoms with van der Waals surface area (Å²) in [5.41, 5.74) is 2.90. The van der Waals surface area contributed by atoms with Crippen molar-refractivity contribution in [2.45, 2.75) is 27.0 Å². The van der Waals surface area contributed by atoms with Crippen LogP contribution in [0.3, 0.4) is 0 Å². The summed E-state index contributed by atoms with van der Waals surface area (Å²) in [5, 5.41) is 3.64. The Morgan fingerprint density at radius 1 is 1.15 bits per heavy atom. The predicted molar refractivity (Wildman–Crippen MR) is 99.9 cm³/mol. The molecule has 2 aromatic carbocycles. The lowest BCUT2D eigenvalue weighted by Crippen LogP contribution is -2.22. The van der Waals surface area contributed by atoms with Gasteiger partial charge in [0, 0.05) is 6.54 Å². The minimum absolute atomic E-state index is 0.142. The Hall–Kier alpha value is -2.73. The number of benzene rings is 2. The van der Waals surface area contributed by atoms with Crippen LogP contribution >= 0.6 is 11.3 Å². The third-order valence-corrected chi connectivity index (χ3v) is 5.05. The molecule has 0 bridgehead atoms. The van der Waals surface area contributed by atoms with Crippen LogP contribution in [0.1, 0.15) is 31.5 Å². The Balaban J connectivity index is 1.61. The van der Waals surface area contributed by atoms with Gasteiger partial charge in [-0.25, -0.2) is 9.37 Å². The number of aromatic nitrogens is 1. The van der Waals surface area contributed by atoms with E-state index in [1.165, 1.54) is 23.5 Å². The van der Waals surface area contributed by atoms with Crippen LogP contribution in [-0.4, -0.2) is 10.9 Å². The zero-order valence-electron chi connectivity index (χ0n) is 14.6. The second-order valence-electron chi connectivity index (χ2n) is 5.87. The molecular formula is C20H19FN2O2S. The van der Waals surface area contributed by atoms with E-state index < -0.39 is 0 Å². The van der Waals surface area contributed by atoms with E-state index in [1.54, 1.807) is 19.1 Å². The van der Waals surface area contributed by atoms with Crippen molar-refractivity contribution in [1.29, 1.82) is 0 Å². The van der Waals surface area contributed by atoms with Crippen molar-refractivity contribution in [2.75, 3.05) is 0 Å². The van der Waals surface area contributed by atoms with Crippen molar-refractivity contribution >= 4 is 17.2 Å². The largest absolute Gasteiger partial charge is 0.486 e. The van der Waals surface area contributed by atoms with Gasteiger partial charge < -0.3 is 10.1 Å². The van der Waals surface area contributed by atoms with Gasteiger partial charge in [-0.1, -0.05) is 24.3 Å². The maximum atomic E-state index is 12.9. The van der Waals surface area contributed by atoms with Crippen molar-refractivity contribution in [1.82, 2.24) is 10.3 Å². The Labute approximate surface area is 155 Å². The molecule has 1 aromatic heterocycles. The number of hydrogen-bond donors (Lipinski definition) is 1. The van der Waals surface area contributed by atoms with Gasteiger partial charge in [0.1, 0.15) is 28.1 Å². The molecule has 0 unspecified atom stereocenters. The summed E-state index contributed by atoms with van der Waals surface area (Å²) in [4.78, 5) is 17.4. The Morgan fingerprint density at radius 2 is 1.88 bits per heavy atom. The molecule has 0 aliphatic rings. The monoisotopic (exact) mass is 370 g/mol. The second-order valence-corrected chi connectivity index (χ2v) is 6.96. The molecule has 0 saturated carbocycles. The molecule has 1 N–H and O–H groups in total. The molecular weight excluding hydrogens is 351 g/mol. The average molecular weight is 370 g/mol. The zero-order valence-corrected chi connectivity index (χ0v) is 15.4. The maximum absolute atomic E-state index is 12.9. The quantitative estimate of drug-likeness (QED) is 0.699. The lowest BCUT2D eigenvalue weighted by molar-refractivity contribution is 0.0954. The van der Waals surface area contributed by atoms with E-state index >= 15 is 0 Å². The number of hydrogen-bond acceptors (Lipinski definition) is 4. The minimum atomic E-state index is -0.310. The highest BCUT2D eigenvalue weighted by Gasteiger charge is 2.15. The lowest BCUT2D eigenvalue weighted by Gasteiger charge is -2.07. The van der Waals surface area contributed by atoms with E-state index in [1.807, 2.05) is 31.2 Å². The molecule has 4 nitrogen and oxygen atoms in total. The van der Waals surface area contributed by atoms with E-state index in [4.69, 9.17) is 4.74 Å². The summed E-state index contributed by atoms with van der Waals surface area (Å²) in [6.07, 6.45) is 0. The van der Waals surface area contributed by atoms with Crippen LogP contribution in [0.2, 0.25) is 0 Å². The van der Waals surface area contributed by atoms with Crippen LogP contribution in [0.15, 0.2) is 48.5 Å². The van der Waals surface area contributed by atoms with Gasteiger partial charge in [0.05, 0.1) is 5.69 Å². The Kier molecular flexibility index (Phi) is 5.63. The normalized spacial score (nSPS) is 10.6. The first kappa shape index (κ1) is 18.1. The Bertz CT molecular complexity index is 906. The van der Waals surface area contributed by atoms with E-state index in [9.17, 15) is 9.18 Å². The van der Waals surface area contributed by atoms with Crippen LogP contribution in [0.5, 0.6) is 5.75 Å². The summed E-state index contributed by atoms with van der Waals surface area (Å²) in [5.74, 6) is 0.108. The van der Waals surface area contributed by atoms with Crippen molar-refractivity contribution < 1.29 is 13.9 Å². The third-order valence-electron chi connectivity index (χ3n) is 3.92. The van der Waals surface area contributed by atoms with Gasteiger partial charge in [0.2, 0.25) is 0 Å². The fourth-order valence-corrected chi connectivity index (χ4v) is 3.36. The molecule has 26 heavy (non-hydrogen) atoms. The molecule has 3 rings (SSSR count). The number of halogens is 1. The minimum Gasteiger partial charge on any atom is -0.486 e. The van der Waals surface area contributed by atoms with Crippen LogP contribution in [0.25, 0.3) is 0 Å². The highest BCUT2D eigenvalue weighted by atomic mass is 32.1. The first-order valence-corrected chi connectivity index (χ1v) is 9.02. The molecule has 0 aliphatic heterocycles. The van der Waals surface area contributed by atoms with Gasteiger partial charge in [0.25, 0.3) is 5.91 Å². The summed E-state index contributed by atoms with van der Waals surface area (Å²) in [6.45, 7) is 4.54. The molecule has 0 saturated heterocycles. The van der Waals surface area contributed by atoms with Gasteiger partial charge in [-0.2, -0.15) is 0 Å². The van der Waals surface area contributed by atoms with E-state index in [0.717, 1.165) is 11.1 Å². The first-order chi connectivity index (χ1) is 12.5. The molecule has 0 fully saturated rings. The Morgan fingerprint density at radius 3 is 2.62 bits per heavy atom. The number of ether oxygens (including phenoxy) is 1. The predicted octanol–water partition coefficient (Wildman–Crippen LogP) is 4.41. The van der Waals surface area contributed by atoms with Crippen LogP contribution < -0.4 is 10.1 Å². The second kappa shape index (κ2) is 8.10. The molecule has 0 aliphatic carbocycles. The van der Waals surface area contributed by atoms with Gasteiger partial charge in [-0.05, 0) is 49.2 Å². The van der Waals surface area contributed by atoms with E-state index in [-0.39, 0.29) is 18.3 Å². The van der Waals surface area contributed by atoms with Crippen molar-refractivity contribution in [3.8, 4) is 5.75 Å². The van der Waals surface area contributed by atoms with Crippen LogP contribution in [-0.2, 0) is 13.2 Å². The fraction of sp³-hybridized carbons (Fsp3) is 0.200. The zero-order chi connectivity index (χ0) is 18.5. The first-order valence-electron chi connectivity index (χ1n) is 8.20. The summed E-state index contributed by atoms with van der Waals surface area (Å²) >= 11 is 1.31. The van der Waals surface area contributed by atoms with Gasteiger partial charge in [0.15, 0.2) is 0 Å². The number of rotatable bonds is 6. The van der Waals surface area contributed by atoms with Crippen LogP contribution in [0.4, 0.5) is 4.39 Å². The number of nitrogens with zero attached hydrogens (tertiary/aromatic N) is 1. The van der Waals surface area contributed by atoms with Crippen molar-refractivity contribution in [3.63, 3.8) is 0 Å². The number of aryl methyl sites for hydroxylation is 2. The molecule has 1 heterocycles. The van der Waals surface area contributed by atoms with Crippen LogP contribution in [0, 0.1) is 19.7 Å². The van der Waals surface area contributed by atoms with Crippen molar-refractivity contribution in [2.24, 2.45) is 0 Å². The van der Waals surface area contributed by atoms with Gasteiger partial charge in [-0.3, -0.25) is 4.79 Å². The summed E-state index contributed by atoms with van der Waals surface area (Å²) in [7, 11) is 0. The molecule has 1 amide bonds. The smallest absolute Gasteiger partial charge is 0.263 e. The van der Waals surface area contributed by atoms with E-state index in [2.05, 4.69) is 10.3 Å². The van der Waals surface area contributed by atoms with E-state index in [0.29, 0.717) is 27.9 Å². The number of thiazole rings is 1. The number of carbonyl (C=O) groups is 1. The summed E-state index contributed by atoms with van der Waals surface area (Å²) < 4.78 is 18.5. The van der Waals surface area contributed by atoms with Gasteiger partial charge >= 0.3 is 0 Å². The SMILES string of the molecule is Cc1ccccc1CNC(=O)c1sc(COc2ccc(F)cc2)nc1C. The molecule has 134 valence electrons. The number of nitrogens with one attached hydrogen (secondary N) is 1. The third kappa shape index (κ3) is 4.46. The van der Waals surface area contributed by atoms with Crippen molar-refractivity contribution in [3.05, 3.63) is 81.1 Å².